The Bertz CT molecular complexity index is 672. The van der Waals surface area contributed by atoms with Crippen molar-refractivity contribution in [1.29, 1.82) is 0 Å². The lowest BCUT2D eigenvalue weighted by Gasteiger charge is -2.12. The maximum Gasteiger partial charge on any atom is 0.239 e. The van der Waals surface area contributed by atoms with E-state index >= 15 is 0 Å². The van der Waals surface area contributed by atoms with Crippen molar-refractivity contribution in [2.45, 2.75) is 19.4 Å². The number of aliphatic imine (C=N–C) groups is 1. The van der Waals surface area contributed by atoms with E-state index in [9.17, 15) is 4.79 Å². The van der Waals surface area contributed by atoms with Crippen LogP contribution in [0.4, 0.5) is 0 Å². The fourth-order valence-electron chi connectivity index (χ4n) is 2.39. The molecule has 27 heavy (non-hydrogen) atoms. The standard InChI is InChI=1S/C20H28N4O3/c1-21-20(23-11-6-13-26-16-18-9-5-14-27-18)24-15-19(25)22-12-10-17-7-3-2-4-8-17/h2-5,7-9,14H,6,10-13,15-16H2,1H3,(H,22,25)(H2,21,23,24). The van der Waals surface area contributed by atoms with Gasteiger partial charge in [0.2, 0.25) is 5.91 Å². The van der Waals surface area contributed by atoms with Crippen LogP contribution in [-0.4, -0.2) is 45.2 Å². The smallest absolute Gasteiger partial charge is 0.239 e. The topological polar surface area (TPSA) is 87.9 Å². The molecular weight excluding hydrogens is 344 g/mol. The van der Waals surface area contributed by atoms with Gasteiger partial charge >= 0.3 is 0 Å². The molecule has 2 rings (SSSR count). The van der Waals surface area contributed by atoms with Crippen LogP contribution in [0.3, 0.4) is 0 Å². The normalized spacial score (nSPS) is 11.2. The third-order valence-electron chi connectivity index (χ3n) is 3.80. The molecule has 1 heterocycles. The molecule has 1 amide bonds. The third kappa shape index (κ3) is 8.91. The largest absolute Gasteiger partial charge is 0.467 e. The Kier molecular flexibility index (Phi) is 9.52. The number of carbonyl (C=O) groups is 1. The van der Waals surface area contributed by atoms with Gasteiger partial charge in [0, 0.05) is 26.7 Å². The molecule has 1 aromatic heterocycles. The molecular formula is C20H28N4O3. The predicted octanol–water partition coefficient (Wildman–Crippen LogP) is 1.71. The summed E-state index contributed by atoms with van der Waals surface area (Å²) in [7, 11) is 1.68. The fraction of sp³-hybridized carbons (Fsp3) is 0.400. The molecule has 1 aromatic carbocycles. The minimum absolute atomic E-state index is 0.0596. The predicted molar refractivity (Wildman–Crippen MR) is 106 cm³/mol. The van der Waals surface area contributed by atoms with Gasteiger partial charge in [-0.2, -0.15) is 0 Å². The van der Waals surface area contributed by atoms with E-state index < -0.39 is 0 Å². The van der Waals surface area contributed by atoms with Crippen molar-refractivity contribution in [2.24, 2.45) is 4.99 Å². The summed E-state index contributed by atoms with van der Waals surface area (Å²) in [6.45, 7) is 2.59. The monoisotopic (exact) mass is 372 g/mol. The number of hydrogen-bond donors (Lipinski definition) is 3. The number of guanidine groups is 1. The molecule has 0 fully saturated rings. The highest BCUT2D eigenvalue weighted by Gasteiger charge is 2.03. The van der Waals surface area contributed by atoms with E-state index in [1.165, 1.54) is 5.56 Å². The Labute approximate surface area is 160 Å². The van der Waals surface area contributed by atoms with Crippen LogP contribution in [0, 0.1) is 0 Å². The zero-order valence-electron chi connectivity index (χ0n) is 15.7. The first-order valence-corrected chi connectivity index (χ1v) is 9.13. The summed E-state index contributed by atoms with van der Waals surface area (Å²) < 4.78 is 10.7. The van der Waals surface area contributed by atoms with E-state index in [0.717, 1.165) is 18.6 Å². The number of nitrogens with one attached hydrogen (secondary N) is 3. The molecule has 0 atom stereocenters. The van der Waals surface area contributed by atoms with E-state index in [4.69, 9.17) is 9.15 Å². The molecule has 0 aliphatic heterocycles. The van der Waals surface area contributed by atoms with Crippen molar-refractivity contribution in [3.05, 3.63) is 60.1 Å². The van der Waals surface area contributed by atoms with Gasteiger partial charge in [-0.15, -0.1) is 0 Å². The van der Waals surface area contributed by atoms with E-state index in [2.05, 4.69) is 33.1 Å². The molecule has 0 aliphatic carbocycles. The molecule has 0 aliphatic rings. The van der Waals surface area contributed by atoms with Crippen molar-refractivity contribution in [3.63, 3.8) is 0 Å². The highest BCUT2D eigenvalue weighted by Crippen LogP contribution is 2.01. The molecule has 146 valence electrons. The highest BCUT2D eigenvalue weighted by atomic mass is 16.5. The lowest BCUT2D eigenvalue weighted by Crippen LogP contribution is -2.43. The molecule has 2 aromatic rings. The Morgan fingerprint density at radius 3 is 2.67 bits per heavy atom. The Morgan fingerprint density at radius 1 is 1.07 bits per heavy atom. The van der Waals surface area contributed by atoms with Crippen molar-refractivity contribution >= 4 is 11.9 Å². The van der Waals surface area contributed by atoms with E-state index in [0.29, 0.717) is 32.3 Å². The molecule has 0 saturated heterocycles. The lowest BCUT2D eigenvalue weighted by molar-refractivity contribution is -0.119. The summed E-state index contributed by atoms with van der Waals surface area (Å²) in [5.41, 5.74) is 1.21. The molecule has 0 unspecified atom stereocenters. The summed E-state index contributed by atoms with van der Waals surface area (Å²) in [5, 5.41) is 9.05. The number of ether oxygens (including phenoxy) is 1. The first-order valence-electron chi connectivity index (χ1n) is 9.13. The number of furan rings is 1. The number of carbonyl (C=O) groups excluding carboxylic acids is 1. The summed E-state index contributed by atoms with van der Waals surface area (Å²) >= 11 is 0. The zero-order chi connectivity index (χ0) is 19.2. The molecule has 0 spiro atoms. The second-order valence-electron chi connectivity index (χ2n) is 5.92. The number of benzene rings is 1. The van der Waals surface area contributed by atoms with Crippen LogP contribution in [0.15, 0.2) is 58.1 Å². The van der Waals surface area contributed by atoms with Crippen LogP contribution in [0.5, 0.6) is 0 Å². The van der Waals surface area contributed by atoms with E-state index in [1.54, 1.807) is 13.3 Å². The molecule has 7 nitrogen and oxygen atoms in total. The van der Waals surface area contributed by atoms with Gasteiger partial charge < -0.3 is 25.1 Å². The van der Waals surface area contributed by atoms with Gasteiger partial charge in [-0.05, 0) is 30.5 Å². The number of amides is 1. The quantitative estimate of drug-likeness (QED) is 0.318. The van der Waals surface area contributed by atoms with Crippen molar-refractivity contribution in [3.8, 4) is 0 Å². The number of rotatable bonds is 11. The maximum atomic E-state index is 11.9. The highest BCUT2D eigenvalue weighted by molar-refractivity contribution is 5.86. The zero-order valence-corrected chi connectivity index (χ0v) is 15.7. The van der Waals surface area contributed by atoms with E-state index in [-0.39, 0.29) is 12.5 Å². The molecule has 7 heteroatoms. The van der Waals surface area contributed by atoms with Crippen LogP contribution < -0.4 is 16.0 Å². The third-order valence-corrected chi connectivity index (χ3v) is 3.80. The van der Waals surface area contributed by atoms with Crippen LogP contribution in [0.25, 0.3) is 0 Å². The van der Waals surface area contributed by atoms with Gasteiger partial charge in [-0.25, -0.2) is 0 Å². The molecule has 3 N–H and O–H groups in total. The van der Waals surface area contributed by atoms with Gasteiger partial charge in [0.15, 0.2) is 5.96 Å². The van der Waals surface area contributed by atoms with Crippen LogP contribution in [0.2, 0.25) is 0 Å². The maximum absolute atomic E-state index is 11.9. The van der Waals surface area contributed by atoms with Gasteiger partial charge in [0.1, 0.15) is 12.4 Å². The second kappa shape index (κ2) is 12.5. The Morgan fingerprint density at radius 2 is 1.93 bits per heavy atom. The summed E-state index contributed by atoms with van der Waals surface area (Å²) in [6, 6.07) is 13.8. The van der Waals surface area contributed by atoms with E-state index in [1.807, 2.05) is 30.3 Å². The van der Waals surface area contributed by atoms with Crippen molar-refractivity contribution < 1.29 is 13.9 Å². The Hall–Kier alpha value is -2.80. The SMILES string of the molecule is CN=C(NCCCOCc1ccco1)NCC(=O)NCCc1ccccc1. The van der Waals surface area contributed by atoms with Crippen LogP contribution in [-0.2, 0) is 22.6 Å². The average molecular weight is 372 g/mol. The van der Waals surface area contributed by atoms with Crippen LogP contribution >= 0.6 is 0 Å². The first-order chi connectivity index (χ1) is 13.3. The van der Waals surface area contributed by atoms with Gasteiger partial charge in [-0.1, -0.05) is 30.3 Å². The lowest BCUT2D eigenvalue weighted by atomic mass is 10.1. The second-order valence-corrected chi connectivity index (χ2v) is 5.92. The fourth-order valence-corrected chi connectivity index (χ4v) is 2.39. The van der Waals surface area contributed by atoms with Crippen molar-refractivity contribution in [2.75, 3.05) is 33.3 Å². The summed E-state index contributed by atoms with van der Waals surface area (Å²) in [5.74, 6) is 1.36. The van der Waals surface area contributed by atoms with Crippen molar-refractivity contribution in [1.82, 2.24) is 16.0 Å². The average Bonchev–Trinajstić information content (AvgIpc) is 3.21. The van der Waals surface area contributed by atoms with Crippen LogP contribution in [0.1, 0.15) is 17.7 Å². The summed E-state index contributed by atoms with van der Waals surface area (Å²) in [6.07, 6.45) is 3.27. The molecule has 0 saturated carbocycles. The van der Waals surface area contributed by atoms with Gasteiger partial charge in [0.25, 0.3) is 0 Å². The molecule has 0 bridgehead atoms. The first kappa shape index (κ1) is 20.5. The number of nitrogens with zero attached hydrogens (tertiary/aromatic N) is 1. The molecule has 0 radical (unpaired) electrons. The number of hydrogen-bond acceptors (Lipinski definition) is 4. The Balaban J connectivity index is 1.49. The van der Waals surface area contributed by atoms with Gasteiger partial charge in [0.05, 0.1) is 12.8 Å². The van der Waals surface area contributed by atoms with Gasteiger partial charge in [-0.3, -0.25) is 9.79 Å². The minimum Gasteiger partial charge on any atom is -0.467 e. The minimum atomic E-state index is -0.0596. The summed E-state index contributed by atoms with van der Waals surface area (Å²) in [4.78, 5) is 16.0.